The maximum atomic E-state index is 14.9. The Morgan fingerprint density at radius 1 is 1.21 bits per heavy atom. The molecule has 4 aromatic rings. The van der Waals surface area contributed by atoms with Crippen molar-refractivity contribution in [1.82, 2.24) is 24.4 Å². The Balaban J connectivity index is 1.72. The highest BCUT2D eigenvalue weighted by molar-refractivity contribution is 6.07. The minimum absolute atomic E-state index is 0.0165. The Morgan fingerprint density at radius 3 is 2.79 bits per heavy atom. The van der Waals surface area contributed by atoms with Crippen molar-refractivity contribution in [3.05, 3.63) is 65.4 Å². The number of nitrogens with one attached hydrogen (secondary N) is 1. The third-order valence-corrected chi connectivity index (χ3v) is 4.87. The van der Waals surface area contributed by atoms with Crippen LogP contribution in [0.4, 0.5) is 10.2 Å². The Kier molecular flexibility index (Phi) is 6.13. The summed E-state index contributed by atoms with van der Waals surface area (Å²) in [4.78, 5) is 29.5. The maximum absolute atomic E-state index is 14.9. The molecule has 0 aliphatic heterocycles. The predicted octanol–water partition coefficient (Wildman–Crippen LogP) is 2.31. The molecule has 170 valence electrons. The second-order valence-corrected chi connectivity index (χ2v) is 7.19. The fourth-order valence-corrected chi connectivity index (χ4v) is 3.40. The molecule has 3 heterocycles. The summed E-state index contributed by atoms with van der Waals surface area (Å²) in [5.74, 6) is -1.26. The van der Waals surface area contributed by atoms with Crippen molar-refractivity contribution in [1.29, 1.82) is 0 Å². The Labute approximate surface area is 188 Å². The molecule has 10 nitrogen and oxygen atoms in total. The molecule has 3 N–H and O–H groups in total. The van der Waals surface area contributed by atoms with Crippen LogP contribution in [0.15, 0.2) is 42.6 Å². The van der Waals surface area contributed by atoms with E-state index in [1.807, 2.05) is 0 Å². The zero-order valence-corrected chi connectivity index (χ0v) is 18.1. The van der Waals surface area contributed by atoms with Crippen molar-refractivity contribution < 1.29 is 18.7 Å². The molecule has 0 radical (unpaired) electrons. The first-order chi connectivity index (χ1) is 15.9. The average Bonchev–Trinajstić information content (AvgIpc) is 3.39. The van der Waals surface area contributed by atoms with E-state index < -0.39 is 17.7 Å². The maximum Gasteiger partial charge on any atom is 0.327 e. The van der Waals surface area contributed by atoms with Crippen LogP contribution < -0.4 is 11.1 Å². The minimum Gasteiger partial charge on any atom is -0.465 e. The van der Waals surface area contributed by atoms with Gasteiger partial charge in [0.2, 0.25) is 0 Å². The Hall–Kier alpha value is -4.12. The molecule has 11 heteroatoms. The lowest BCUT2D eigenvalue weighted by molar-refractivity contribution is -0.144. The summed E-state index contributed by atoms with van der Waals surface area (Å²) in [6.45, 7) is 3.53. The van der Waals surface area contributed by atoms with E-state index in [0.717, 1.165) is 0 Å². The lowest BCUT2D eigenvalue weighted by Gasteiger charge is -2.11. The fourth-order valence-electron chi connectivity index (χ4n) is 3.40. The number of fused-ring (bicyclic) bond motifs is 1. The van der Waals surface area contributed by atoms with Gasteiger partial charge in [0.15, 0.2) is 11.5 Å². The van der Waals surface area contributed by atoms with Crippen molar-refractivity contribution in [3.63, 3.8) is 0 Å². The molecule has 0 unspecified atom stereocenters. The van der Waals surface area contributed by atoms with Gasteiger partial charge in [0.05, 0.1) is 23.4 Å². The molecule has 3 aromatic heterocycles. The SMILES string of the molecule is CCOC(=O)Cn1nc(C)cc1NC(=O)c1nc(-c2cccc(CN)c2F)nn2cccc12. The number of hydrogen-bond donors (Lipinski definition) is 2. The summed E-state index contributed by atoms with van der Waals surface area (Å²) >= 11 is 0. The molecule has 0 saturated heterocycles. The van der Waals surface area contributed by atoms with Gasteiger partial charge in [0.1, 0.15) is 18.2 Å². The molecule has 0 bridgehead atoms. The Bertz CT molecular complexity index is 1350. The van der Waals surface area contributed by atoms with E-state index in [-0.39, 0.29) is 36.8 Å². The van der Waals surface area contributed by atoms with Crippen LogP contribution >= 0.6 is 0 Å². The number of hydrogen-bond acceptors (Lipinski definition) is 7. The number of carbonyl (C=O) groups is 2. The highest BCUT2D eigenvalue weighted by Crippen LogP contribution is 2.24. The third-order valence-electron chi connectivity index (χ3n) is 4.87. The predicted molar refractivity (Wildman–Crippen MR) is 118 cm³/mol. The number of benzene rings is 1. The molecule has 1 aromatic carbocycles. The van der Waals surface area contributed by atoms with Crippen molar-refractivity contribution in [2.24, 2.45) is 5.73 Å². The van der Waals surface area contributed by atoms with Gasteiger partial charge < -0.3 is 15.8 Å². The topological polar surface area (TPSA) is 129 Å². The molecule has 0 spiro atoms. The average molecular weight is 451 g/mol. The highest BCUT2D eigenvalue weighted by Gasteiger charge is 2.21. The van der Waals surface area contributed by atoms with Crippen molar-refractivity contribution in [2.45, 2.75) is 26.9 Å². The summed E-state index contributed by atoms with van der Waals surface area (Å²) in [7, 11) is 0. The lowest BCUT2D eigenvalue weighted by atomic mass is 10.1. The normalized spacial score (nSPS) is 11.0. The zero-order valence-electron chi connectivity index (χ0n) is 18.1. The number of anilines is 1. The number of amides is 1. The van der Waals surface area contributed by atoms with E-state index in [9.17, 15) is 14.0 Å². The number of esters is 1. The fraction of sp³-hybridized carbons (Fsp3) is 0.227. The first-order valence-electron chi connectivity index (χ1n) is 10.3. The molecule has 1 amide bonds. The number of nitrogens with two attached hydrogens (primary N) is 1. The molecule has 0 aliphatic rings. The first-order valence-corrected chi connectivity index (χ1v) is 10.3. The van der Waals surface area contributed by atoms with Gasteiger partial charge in [0.25, 0.3) is 5.91 Å². The van der Waals surface area contributed by atoms with Gasteiger partial charge in [-0.15, -0.1) is 5.10 Å². The quantitative estimate of drug-likeness (QED) is 0.413. The summed E-state index contributed by atoms with van der Waals surface area (Å²) < 4.78 is 22.6. The van der Waals surface area contributed by atoms with Gasteiger partial charge >= 0.3 is 5.97 Å². The second kappa shape index (κ2) is 9.17. The number of rotatable bonds is 7. The van der Waals surface area contributed by atoms with Crippen LogP contribution in [-0.4, -0.2) is 42.9 Å². The van der Waals surface area contributed by atoms with E-state index in [1.165, 1.54) is 15.3 Å². The van der Waals surface area contributed by atoms with E-state index >= 15 is 0 Å². The molecule has 0 saturated carbocycles. The van der Waals surface area contributed by atoms with Gasteiger partial charge in [-0.05, 0) is 32.0 Å². The number of nitrogens with zero attached hydrogens (tertiary/aromatic N) is 5. The van der Waals surface area contributed by atoms with Crippen LogP contribution in [0.25, 0.3) is 16.9 Å². The third kappa shape index (κ3) is 4.44. The summed E-state index contributed by atoms with van der Waals surface area (Å²) in [5, 5.41) is 11.3. The standard InChI is InChI=1S/C22H22FN7O3/c1-3-33-18(31)12-30-17(10-13(2)27-30)25-22(32)20-16-8-5-9-29(16)28-21(26-20)15-7-4-6-14(11-24)19(15)23/h4-10H,3,11-12,24H2,1-2H3,(H,25,32). The van der Waals surface area contributed by atoms with Crippen LogP contribution in [-0.2, 0) is 22.6 Å². The smallest absolute Gasteiger partial charge is 0.327 e. The molecular weight excluding hydrogens is 429 g/mol. The minimum atomic E-state index is -0.567. The zero-order chi connectivity index (χ0) is 23.5. The van der Waals surface area contributed by atoms with Gasteiger partial charge in [-0.2, -0.15) is 5.10 Å². The van der Waals surface area contributed by atoms with Crippen molar-refractivity contribution in [2.75, 3.05) is 11.9 Å². The largest absolute Gasteiger partial charge is 0.465 e. The van der Waals surface area contributed by atoms with Crippen molar-refractivity contribution in [3.8, 4) is 11.4 Å². The highest BCUT2D eigenvalue weighted by atomic mass is 19.1. The number of halogens is 1. The Morgan fingerprint density at radius 2 is 2.03 bits per heavy atom. The summed E-state index contributed by atoms with van der Waals surface area (Å²) in [5.41, 5.74) is 7.12. The van der Waals surface area contributed by atoms with Crippen LogP contribution in [0.5, 0.6) is 0 Å². The lowest BCUT2D eigenvalue weighted by Crippen LogP contribution is -2.21. The van der Waals surface area contributed by atoms with Gasteiger partial charge in [-0.1, -0.05) is 12.1 Å². The summed E-state index contributed by atoms with van der Waals surface area (Å²) in [6.07, 6.45) is 1.64. The second-order valence-electron chi connectivity index (χ2n) is 7.19. The molecule has 4 rings (SSSR count). The van der Waals surface area contributed by atoms with Crippen molar-refractivity contribution >= 4 is 23.2 Å². The van der Waals surface area contributed by atoms with Crippen LogP contribution in [0.3, 0.4) is 0 Å². The molecule has 0 fully saturated rings. The number of aryl methyl sites for hydroxylation is 1. The van der Waals surface area contributed by atoms with E-state index in [0.29, 0.717) is 22.6 Å². The monoisotopic (exact) mass is 451 g/mol. The molecule has 0 atom stereocenters. The molecule has 0 aliphatic carbocycles. The van der Waals surface area contributed by atoms with E-state index in [4.69, 9.17) is 10.5 Å². The van der Waals surface area contributed by atoms with E-state index in [1.54, 1.807) is 50.4 Å². The first kappa shape index (κ1) is 22.1. The van der Waals surface area contributed by atoms with Crippen LogP contribution in [0.2, 0.25) is 0 Å². The van der Waals surface area contributed by atoms with Gasteiger partial charge in [0, 0.05) is 24.4 Å². The number of ether oxygens (including phenoxy) is 1. The molecule has 33 heavy (non-hydrogen) atoms. The summed E-state index contributed by atoms with van der Waals surface area (Å²) in [6, 6.07) is 9.75. The van der Waals surface area contributed by atoms with Gasteiger partial charge in [-0.25, -0.2) is 18.6 Å². The molecular formula is C22H22FN7O3. The van der Waals surface area contributed by atoms with Crippen LogP contribution in [0, 0.1) is 12.7 Å². The van der Waals surface area contributed by atoms with Crippen LogP contribution in [0.1, 0.15) is 28.7 Å². The number of carbonyl (C=O) groups excluding carboxylic acids is 2. The van der Waals surface area contributed by atoms with E-state index in [2.05, 4.69) is 20.5 Å². The van der Waals surface area contributed by atoms with Gasteiger partial charge in [-0.3, -0.25) is 9.59 Å². The number of aromatic nitrogens is 5.